The van der Waals surface area contributed by atoms with Crippen molar-refractivity contribution >= 4 is 5.91 Å². The van der Waals surface area contributed by atoms with Crippen LogP contribution in [0.15, 0.2) is 55.4 Å². The van der Waals surface area contributed by atoms with Crippen LogP contribution in [0.25, 0.3) is 11.4 Å². The molecular formula is C14H15N3O. The summed E-state index contributed by atoms with van der Waals surface area (Å²) in [6.07, 6.45) is 4.94. The maximum Gasteiger partial charge on any atom is 0.243 e. The number of amides is 1. The fourth-order valence-corrected chi connectivity index (χ4v) is 1.71. The summed E-state index contributed by atoms with van der Waals surface area (Å²) >= 11 is 0. The lowest BCUT2D eigenvalue weighted by molar-refractivity contribution is -0.116. The van der Waals surface area contributed by atoms with E-state index in [0.29, 0.717) is 13.1 Å². The number of hydrogen-bond donors (Lipinski definition) is 1. The predicted octanol–water partition coefficient (Wildman–Crippen LogP) is 1.85. The molecule has 4 nitrogen and oxygen atoms in total. The number of carbonyl (C=O) groups is 1. The smallest absolute Gasteiger partial charge is 0.243 e. The Morgan fingerprint density at radius 1 is 1.39 bits per heavy atom. The third-order valence-electron chi connectivity index (χ3n) is 2.58. The van der Waals surface area contributed by atoms with Crippen LogP contribution in [0.2, 0.25) is 0 Å². The number of benzene rings is 1. The first-order valence-electron chi connectivity index (χ1n) is 5.78. The topological polar surface area (TPSA) is 46.9 Å². The third kappa shape index (κ3) is 2.85. The summed E-state index contributed by atoms with van der Waals surface area (Å²) in [5, 5.41) is 2.74. The van der Waals surface area contributed by atoms with Crippen LogP contribution >= 0.6 is 0 Å². The number of carbonyl (C=O) groups excluding carboxylic acids is 1. The van der Waals surface area contributed by atoms with Crippen LogP contribution in [-0.4, -0.2) is 22.0 Å². The van der Waals surface area contributed by atoms with Crippen LogP contribution in [0.4, 0.5) is 0 Å². The second kappa shape index (κ2) is 5.82. The van der Waals surface area contributed by atoms with Crippen LogP contribution in [-0.2, 0) is 11.3 Å². The highest BCUT2D eigenvalue weighted by Crippen LogP contribution is 2.16. The Morgan fingerprint density at radius 2 is 2.17 bits per heavy atom. The molecule has 2 aromatic rings. The Morgan fingerprint density at radius 3 is 2.89 bits per heavy atom. The van der Waals surface area contributed by atoms with Gasteiger partial charge in [0.1, 0.15) is 5.82 Å². The number of hydrogen-bond acceptors (Lipinski definition) is 2. The molecule has 4 heteroatoms. The summed E-state index contributed by atoms with van der Waals surface area (Å²) in [4.78, 5) is 15.4. The highest BCUT2D eigenvalue weighted by Gasteiger charge is 2.04. The van der Waals surface area contributed by atoms with Crippen LogP contribution in [0.5, 0.6) is 0 Å². The Kier molecular flexibility index (Phi) is 3.91. The minimum Gasteiger partial charge on any atom is -0.351 e. The van der Waals surface area contributed by atoms with Crippen LogP contribution < -0.4 is 5.32 Å². The molecule has 0 spiro atoms. The van der Waals surface area contributed by atoms with E-state index in [1.165, 1.54) is 6.08 Å². The van der Waals surface area contributed by atoms with E-state index >= 15 is 0 Å². The minimum atomic E-state index is -0.156. The lowest BCUT2D eigenvalue weighted by Crippen LogP contribution is -2.25. The number of aromatic nitrogens is 2. The van der Waals surface area contributed by atoms with Crippen LogP contribution in [0.1, 0.15) is 0 Å². The summed E-state index contributed by atoms with van der Waals surface area (Å²) < 4.78 is 2.01. The van der Waals surface area contributed by atoms with Crippen molar-refractivity contribution in [3.8, 4) is 11.4 Å². The Hall–Kier alpha value is -2.36. The van der Waals surface area contributed by atoms with E-state index < -0.39 is 0 Å². The van der Waals surface area contributed by atoms with E-state index in [9.17, 15) is 4.79 Å². The van der Waals surface area contributed by atoms with E-state index in [1.54, 1.807) is 6.20 Å². The number of nitrogens with one attached hydrogen (secondary N) is 1. The molecular weight excluding hydrogens is 226 g/mol. The van der Waals surface area contributed by atoms with Gasteiger partial charge in [0, 0.05) is 31.0 Å². The first kappa shape index (κ1) is 12.1. The summed E-state index contributed by atoms with van der Waals surface area (Å²) in [6, 6.07) is 9.96. The van der Waals surface area contributed by atoms with Gasteiger partial charge in [0.15, 0.2) is 0 Å². The van der Waals surface area contributed by atoms with Gasteiger partial charge in [-0.2, -0.15) is 0 Å². The monoisotopic (exact) mass is 241 g/mol. The second-order valence-corrected chi connectivity index (χ2v) is 3.81. The van der Waals surface area contributed by atoms with Gasteiger partial charge in [0.2, 0.25) is 5.91 Å². The van der Waals surface area contributed by atoms with Gasteiger partial charge < -0.3 is 9.88 Å². The standard InChI is InChI=1S/C14H15N3O/c1-2-13(18)15-8-10-17-11-9-16-14(17)12-6-4-3-5-7-12/h2-7,9,11H,1,8,10H2,(H,15,18). The van der Waals surface area contributed by atoms with Gasteiger partial charge >= 0.3 is 0 Å². The zero-order chi connectivity index (χ0) is 12.8. The lowest BCUT2D eigenvalue weighted by atomic mass is 10.2. The zero-order valence-corrected chi connectivity index (χ0v) is 10.0. The van der Waals surface area contributed by atoms with Gasteiger partial charge in [-0.05, 0) is 6.08 Å². The molecule has 1 heterocycles. The Labute approximate surface area is 106 Å². The van der Waals surface area contributed by atoms with Crippen LogP contribution in [0, 0.1) is 0 Å². The van der Waals surface area contributed by atoms with E-state index in [-0.39, 0.29) is 5.91 Å². The molecule has 0 saturated carbocycles. The Bertz CT molecular complexity index is 531. The lowest BCUT2D eigenvalue weighted by Gasteiger charge is -2.08. The van der Waals surface area contributed by atoms with Gasteiger partial charge in [-0.15, -0.1) is 0 Å². The van der Waals surface area contributed by atoms with Crippen LogP contribution in [0.3, 0.4) is 0 Å². The normalized spacial score (nSPS) is 10.0. The average molecular weight is 241 g/mol. The van der Waals surface area contributed by atoms with E-state index in [0.717, 1.165) is 11.4 Å². The largest absolute Gasteiger partial charge is 0.351 e. The second-order valence-electron chi connectivity index (χ2n) is 3.81. The van der Waals surface area contributed by atoms with Crippen molar-refractivity contribution in [3.63, 3.8) is 0 Å². The van der Waals surface area contributed by atoms with Crippen molar-refractivity contribution in [1.82, 2.24) is 14.9 Å². The Balaban J connectivity index is 2.05. The van der Waals surface area contributed by atoms with Crippen molar-refractivity contribution < 1.29 is 4.79 Å². The number of imidazole rings is 1. The number of rotatable bonds is 5. The zero-order valence-electron chi connectivity index (χ0n) is 10.0. The molecule has 1 aromatic heterocycles. The summed E-state index contributed by atoms with van der Waals surface area (Å²) in [6.45, 7) is 4.65. The molecule has 0 atom stereocenters. The summed E-state index contributed by atoms with van der Waals surface area (Å²) in [5.41, 5.74) is 1.07. The van der Waals surface area contributed by atoms with E-state index in [1.807, 2.05) is 41.1 Å². The molecule has 1 aromatic carbocycles. The molecule has 0 bridgehead atoms. The molecule has 2 rings (SSSR count). The fraction of sp³-hybridized carbons (Fsp3) is 0.143. The summed E-state index contributed by atoms with van der Waals surface area (Å²) in [5.74, 6) is 0.750. The van der Waals surface area contributed by atoms with Gasteiger partial charge in [-0.25, -0.2) is 4.98 Å². The third-order valence-corrected chi connectivity index (χ3v) is 2.58. The quantitative estimate of drug-likeness (QED) is 0.812. The number of nitrogens with zero attached hydrogens (tertiary/aromatic N) is 2. The highest BCUT2D eigenvalue weighted by molar-refractivity contribution is 5.86. The molecule has 1 N–H and O–H groups in total. The van der Waals surface area contributed by atoms with Gasteiger partial charge in [0.05, 0.1) is 0 Å². The molecule has 0 saturated heterocycles. The maximum absolute atomic E-state index is 11.0. The molecule has 0 aliphatic heterocycles. The molecule has 18 heavy (non-hydrogen) atoms. The average Bonchev–Trinajstić information content (AvgIpc) is 2.88. The first-order chi connectivity index (χ1) is 8.81. The summed E-state index contributed by atoms with van der Waals surface area (Å²) in [7, 11) is 0. The molecule has 0 unspecified atom stereocenters. The molecule has 92 valence electrons. The van der Waals surface area contributed by atoms with Crippen molar-refractivity contribution in [2.24, 2.45) is 0 Å². The first-order valence-corrected chi connectivity index (χ1v) is 5.78. The van der Waals surface area contributed by atoms with E-state index in [4.69, 9.17) is 0 Å². The highest BCUT2D eigenvalue weighted by atomic mass is 16.1. The molecule has 0 aliphatic carbocycles. The fourth-order valence-electron chi connectivity index (χ4n) is 1.71. The molecule has 1 amide bonds. The van der Waals surface area contributed by atoms with Crippen molar-refractivity contribution in [2.45, 2.75) is 6.54 Å². The van der Waals surface area contributed by atoms with Gasteiger partial charge in [0.25, 0.3) is 0 Å². The van der Waals surface area contributed by atoms with Gasteiger partial charge in [-0.1, -0.05) is 36.9 Å². The van der Waals surface area contributed by atoms with Crippen molar-refractivity contribution in [1.29, 1.82) is 0 Å². The van der Waals surface area contributed by atoms with Gasteiger partial charge in [-0.3, -0.25) is 4.79 Å². The minimum absolute atomic E-state index is 0.156. The maximum atomic E-state index is 11.0. The SMILES string of the molecule is C=CC(=O)NCCn1ccnc1-c1ccccc1. The van der Waals surface area contributed by atoms with Crippen molar-refractivity contribution in [3.05, 3.63) is 55.4 Å². The molecule has 0 aliphatic rings. The molecule has 0 radical (unpaired) electrons. The van der Waals surface area contributed by atoms with Crippen molar-refractivity contribution in [2.75, 3.05) is 6.54 Å². The van der Waals surface area contributed by atoms with E-state index in [2.05, 4.69) is 16.9 Å². The predicted molar refractivity (Wildman–Crippen MR) is 70.9 cm³/mol. The molecule has 0 fully saturated rings.